The molecule has 0 bridgehead atoms. The Balaban J connectivity index is 1.99. The number of carbonyl (C=O) groups is 1. The highest BCUT2D eigenvalue weighted by atomic mass is 32.2. The minimum Gasteiger partial charge on any atom is -0.341 e. The summed E-state index contributed by atoms with van der Waals surface area (Å²) in [5, 5.41) is 5.06. The van der Waals surface area contributed by atoms with Gasteiger partial charge < -0.3 is 4.90 Å². The molecule has 0 aliphatic heterocycles. The lowest BCUT2D eigenvalue weighted by Gasteiger charge is -2.17. The van der Waals surface area contributed by atoms with Gasteiger partial charge in [-0.3, -0.25) is 9.00 Å². The number of primary sulfonamides is 1. The van der Waals surface area contributed by atoms with Gasteiger partial charge in [0.2, 0.25) is 15.9 Å². The first-order valence-electron chi connectivity index (χ1n) is 6.94. The van der Waals surface area contributed by atoms with Crippen molar-refractivity contribution in [3.63, 3.8) is 0 Å². The van der Waals surface area contributed by atoms with Crippen LogP contribution in [0.15, 0.2) is 45.5 Å². The second-order valence-corrected chi connectivity index (χ2v) is 9.63. The third-order valence-electron chi connectivity index (χ3n) is 3.34. The number of nitrogens with zero attached hydrogens (tertiary/aromatic N) is 1. The van der Waals surface area contributed by atoms with Crippen LogP contribution < -0.4 is 5.14 Å². The minimum absolute atomic E-state index is 0.0520. The molecular weight excluding hydrogens is 368 g/mol. The van der Waals surface area contributed by atoms with E-state index >= 15 is 0 Å². The van der Waals surface area contributed by atoms with Crippen LogP contribution >= 0.6 is 11.3 Å². The van der Waals surface area contributed by atoms with Crippen molar-refractivity contribution >= 4 is 38.1 Å². The highest BCUT2D eigenvalue weighted by Gasteiger charge is 2.15. The Kier molecular flexibility index (Phi) is 5.92. The molecule has 2 N–H and O–H groups in total. The predicted octanol–water partition coefficient (Wildman–Crippen LogP) is 1.33. The van der Waals surface area contributed by atoms with Gasteiger partial charge in [-0.05, 0) is 29.8 Å². The number of hydrogen-bond acceptors (Lipinski definition) is 5. The number of nitrogens with two attached hydrogens (primary N) is 1. The third kappa shape index (κ3) is 4.97. The SMILES string of the molecule is CN(Cc1ccc(S(C)=O)cc1)C(=O)Cc1ccc(S(N)(=O)=O)s1. The molecule has 1 aromatic carbocycles. The molecular formula is C15H18N2O4S3. The van der Waals surface area contributed by atoms with E-state index in [1.165, 1.54) is 6.07 Å². The molecule has 1 heterocycles. The maximum Gasteiger partial charge on any atom is 0.247 e. The van der Waals surface area contributed by atoms with Crippen molar-refractivity contribution in [1.29, 1.82) is 0 Å². The number of hydrogen-bond donors (Lipinski definition) is 1. The molecule has 130 valence electrons. The van der Waals surface area contributed by atoms with Crippen molar-refractivity contribution in [2.24, 2.45) is 5.14 Å². The number of thiophene rings is 1. The zero-order valence-corrected chi connectivity index (χ0v) is 15.7. The van der Waals surface area contributed by atoms with E-state index in [-0.39, 0.29) is 16.5 Å². The van der Waals surface area contributed by atoms with Gasteiger partial charge in [-0.1, -0.05) is 12.1 Å². The number of amides is 1. The van der Waals surface area contributed by atoms with Crippen LogP contribution in [0, 0.1) is 0 Å². The van der Waals surface area contributed by atoms with Gasteiger partial charge in [-0.2, -0.15) is 0 Å². The van der Waals surface area contributed by atoms with Gasteiger partial charge in [0, 0.05) is 40.4 Å². The number of sulfonamides is 1. The zero-order chi connectivity index (χ0) is 17.9. The van der Waals surface area contributed by atoms with Gasteiger partial charge in [-0.25, -0.2) is 13.6 Å². The van der Waals surface area contributed by atoms with E-state index in [1.807, 2.05) is 12.1 Å². The number of likely N-dealkylation sites (N-methyl/N-ethyl adjacent to an activating group) is 1. The van der Waals surface area contributed by atoms with Gasteiger partial charge in [0.25, 0.3) is 0 Å². The first-order chi connectivity index (χ1) is 11.2. The van der Waals surface area contributed by atoms with Crippen molar-refractivity contribution in [2.45, 2.75) is 22.1 Å². The Bertz CT molecular complexity index is 857. The van der Waals surface area contributed by atoms with E-state index in [9.17, 15) is 17.4 Å². The van der Waals surface area contributed by atoms with Crippen molar-refractivity contribution in [1.82, 2.24) is 4.90 Å². The summed E-state index contributed by atoms with van der Waals surface area (Å²) in [5.74, 6) is -0.124. The summed E-state index contributed by atoms with van der Waals surface area (Å²) in [5.41, 5.74) is 0.927. The summed E-state index contributed by atoms with van der Waals surface area (Å²) in [6.07, 6.45) is 1.73. The summed E-state index contributed by atoms with van der Waals surface area (Å²) < 4.78 is 33.9. The lowest BCUT2D eigenvalue weighted by Crippen LogP contribution is -2.27. The molecule has 0 fully saturated rings. The second-order valence-electron chi connectivity index (χ2n) is 5.29. The second kappa shape index (κ2) is 7.56. The first-order valence-corrected chi connectivity index (χ1v) is 10.9. The standard InChI is InChI=1S/C15H18N2O4S3/c1-17(10-11-3-6-13(7-4-11)23(2)19)14(18)9-12-5-8-15(22-12)24(16,20)21/h3-8H,9-10H2,1-2H3,(H2,16,20,21). The van der Waals surface area contributed by atoms with E-state index in [1.54, 1.807) is 36.4 Å². The lowest BCUT2D eigenvalue weighted by molar-refractivity contribution is -0.129. The Hall–Kier alpha value is -1.55. The minimum atomic E-state index is -3.73. The van der Waals surface area contributed by atoms with Crippen molar-refractivity contribution in [3.05, 3.63) is 46.8 Å². The van der Waals surface area contributed by atoms with Crippen molar-refractivity contribution < 1.29 is 17.4 Å². The quantitative estimate of drug-likeness (QED) is 0.810. The topological polar surface area (TPSA) is 97.5 Å². The van der Waals surface area contributed by atoms with Crippen molar-refractivity contribution in [2.75, 3.05) is 13.3 Å². The zero-order valence-electron chi connectivity index (χ0n) is 13.3. The van der Waals surface area contributed by atoms with Gasteiger partial charge in [0.15, 0.2) is 0 Å². The molecule has 24 heavy (non-hydrogen) atoms. The fourth-order valence-electron chi connectivity index (χ4n) is 2.04. The van der Waals surface area contributed by atoms with E-state index in [2.05, 4.69) is 0 Å². The molecule has 1 aromatic heterocycles. The molecule has 9 heteroatoms. The summed E-state index contributed by atoms with van der Waals surface area (Å²) in [7, 11) is -3.07. The smallest absolute Gasteiger partial charge is 0.247 e. The van der Waals surface area contributed by atoms with Crippen LogP contribution in [0.5, 0.6) is 0 Å². The number of carbonyl (C=O) groups excluding carboxylic acids is 1. The fourth-order valence-corrected chi connectivity index (χ4v) is 4.33. The molecule has 0 aliphatic carbocycles. The normalized spacial score (nSPS) is 12.8. The molecule has 2 rings (SSSR count). The van der Waals surface area contributed by atoms with E-state index in [0.29, 0.717) is 11.4 Å². The monoisotopic (exact) mass is 386 g/mol. The summed E-state index contributed by atoms with van der Waals surface area (Å²) in [6.45, 7) is 0.420. The molecule has 6 nitrogen and oxygen atoms in total. The molecule has 1 unspecified atom stereocenters. The van der Waals surface area contributed by atoms with Crippen molar-refractivity contribution in [3.8, 4) is 0 Å². The van der Waals surface area contributed by atoms with Crippen LogP contribution in [-0.2, 0) is 38.6 Å². The largest absolute Gasteiger partial charge is 0.341 e. The van der Waals surface area contributed by atoms with Crippen LogP contribution in [0.1, 0.15) is 10.4 Å². The Morgan fingerprint density at radius 3 is 2.33 bits per heavy atom. The average Bonchev–Trinajstić information content (AvgIpc) is 2.96. The van der Waals surface area contributed by atoms with Crippen LogP contribution in [0.2, 0.25) is 0 Å². The molecule has 0 radical (unpaired) electrons. The molecule has 2 aromatic rings. The summed E-state index contributed by atoms with van der Waals surface area (Å²) in [6, 6.07) is 10.2. The summed E-state index contributed by atoms with van der Waals surface area (Å²) in [4.78, 5) is 15.2. The Morgan fingerprint density at radius 1 is 1.21 bits per heavy atom. The highest BCUT2D eigenvalue weighted by molar-refractivity contribution is 7.91. The van der Waals surface area contributed by atoms with Crippen LogP contribution in [0.25, 0.3) is 0 Å². The number of rotatable bonds is 6. The third-order valence-corrected chi connectivity index (χ3v) is 6.80. The lowest BCUT2D eigenvalue weighted by atomic mass is 10.2. The molecule has 0 aliphatic rings. The maximum atomic E-state index is 12.3. The fraction of sp³-hybridized carbons (Fsp3) is 0.267. The Morgan fingerprint density at radius 2 is 1.83 bits per heavy atom. The van der Waals surface area contributed by atoms with Crippen LogP contribution in [-0.4, -0.2) is 36.7 Å². The van der Waals surface area contributed by atoms with Gasteiger partial charge in [0.05, 0.1) is 6.42 Å². The first kappa shape index (κ1) is 18.8. The van der Waals surface area contributed by atoms with E-state index in [0.717, 1.165) is 21.8 Å². The molecule has 0 saturated carbocycles. The van der Waals surface area contributed by atoms with Gasteiger partial charge in [-0.15, -0.1) is 11.3 Å². The average molecular weight is 387 g/mol. The van der Waals surface area contributed by atoms with Crippen LogP contribution in [0.3, 0.4) is 0 Å². The molecule has 1 atom stereocenters. The number of benzene rings is 1. The molecule has 1 amide bonds. The molecule has 0 saturated heterocycles. The van der Waals surface area contributed by atoms with Gasteiger partial charge in [0.1, 0.15) is 4.21 Å². The predicted molar refractivity (Wildman–Crippen MR) is 94.6 cm³/mol. The maximum absolute atomic E-state index is 12.3. The Labute approximate surface area is 147 Å². The van der Waals surface area contributed by atoms with E-state index in [4.69, 9.17) is 5.14 Å². The van der Waals surface area contributed by atoms with Gasteiger partial charge >= 0.3 is 0 Å². The highest BCUT2D eigenvalue weighted by Crippen LogP contribution is 2.21. The van der Waals surface area contributed by atoms with E-state index < -0.39 is 20.8 Å². The molecule has 0 spiro atoms. The van der Waals surface area contributed by atoms with Crippen LogP contribution in [0.4, 0.5) is 0 Å². The summed E-state index contributed by atoms with van der Waals surface area (Å²) >= 11 is 1.00.